The minimum absolute atomic E-state index is 0.0308. The van der Waals surface area contributed by atoms with Crippen LogP contribution in [0.2, 0.25) is 0 Å². The molecule has 3 fully saturated rings. The Morgan fingerprint density at radius 2 is 2.07 bits per heavy atom. The van der Waals surface area contributed by atoms with Crippen LogP contribution in [0.1, 0.15) is 36.9 Å². The number of fused-ring (bicyclic) bond motifs is 2. The fourth-order valence-corrected chi connectivity index (χ4v) is 4.98. The lowest BCUT2D eigenvalue weighted by molar-refractivity contribution is -0.245. The molecule has 3 atom stereocenters. The van der Waals surface area contributed by atoms with E-state index in [4.69, 9.17) is 14.2 Å². The molecule has 1 spiro atoms. The molecule has 0 amide bonds. The molecule has 5 heteroatoms. The second-order valence-corrected chi connectivity index (χ2v) is 8.20. The summed E-state index contributed by atoms with van der Waals surface area (Å²) < 4.78 is 17.5. The van der Waals surface area contributed by atoms with Gasteiger partial charge in [-0.2, -0.15) is 0 Å². The van der Waals surface area contributed by atoms with Crippen LogP contribution in [0, 0.1) is 11.3 Å². The number of pyridine rings is 1. The molecule has 1 saturated heterocycles. The van der Waals surface area contributed by atoms with E-state index in [2.05, 4.69) is 4.98 Å². The summed E-state index contributed by atoms with van der Waals surface area (Å²) in [6.45, 7) is 1.23. The molecule has 2 aliphatic carbocycles. The zero-order valence-electron chi connectivity index (χ0n) is 16.3. The van der Waals surface area contributed by atoms with E-state index in [1.807, 2.05) is 42.5 Å². The minimum atomic E-state index is -0.262. The number of benzene rings is 1. The molecule has 2 saturated carbocycles. The predicted octanol–water partition coefficient (Wildman–Crippen LogP) is 4.17. The highest BCUT2D eigenvalue weighted by molar-refractivity contribution is 5.87. The van der Waals surface area contributed by atoms with Crippen LogP contribution in [0.3, 0.4) is 0 Å². The van der Waals surface area contributed by atoms with Crippen molar-refractivity contribution in [3.05, 3.63) is 66.0 Å². The van der Waals surface area contributed by atoms with Gasteiger partial charge in [0, 0.05) is 30.2 Å². The maximum absolute atomic E-state index is 12.4. The third-order valence-corrected chi connectivity index (χ3v) is 6.59. The number of ether oxygens (including phenoxy) is 3. The van der Waals surface area contributed by atoms with Crippen molar-refractivity contribution in [1.82, 2.24) is 4.98 Å². The van der Waals surface area contributed by atoms with Crippen LogP contribution >= 0.6 is 0 Å². The highest BCUT2D eigenvalue weighted by Crippen LogP contribution is 2.64. The molecule has 0 bridgehead atoms. The summed E-state index contributed by atoms with van der Waals surface area (Å²) in [6.07, 6.45) is 9.88. The molecule has 3 aliphatic rings. The predicted molar refractivity (Wildman–Crippen MR) is 108 cm³/mol. The summed E-state index contributed by atoms with van der Waals surface area (Å²) in [5.41, 5.74) is 1.92. The van der Waals surface area contributed by atoms with Crippen molar-refractivity contribution >= 4 is 12.0 Å². The van der Waals surface area contributed by atoms with E-state index in [1.54, 1.807) is 12.3 Å². The number of carbonyl (C=O) groups excluding carboxylic acids is 1. The van der Waals surface area contributed by atoms with Crippen LogP contribution in [0.4, 0.5) is 0 Å². The first-order valence-corrected chi connectivity index (χ1v) is 10.4. The summed E-state index contributed by atoms with van der Waals surface area (Å²) >= 11 is 0. The Morgan fingerprint density at radius 1 is 1.21 bits per heavy atom. The molecule has 3 unspecified atom stereocenters. The third-order valence-electron chi connectivity index (χ3n) is 6.59. The van der Waals surface area contributed by atoms with E-state index in [0.717, 1.165) is 42.9 Å². The maximum Gasteiger partial charge on any atom is 0.331 e. The van der Waals surface area contributed by atoms with Crippen molar-refractivity contribution in [2.45, 2.75) is 44.5 Å². The van der Waals surface area contributed by atoms with Gasteiger partial charge >= 0.3 is 5.97 Å². The number of aromatic nitrogens is 1. The lowest BCUT2D eigenvalue weighted by Crippen LogP contribution is -2.67. The number of carbonyl (C=O) groups is 1. The number of hydrogen-bond acceptors (Lipinski definition) is 5. The van der Waals surface area contributed by atoms with Gasteiger partial charge in [0.2, 0.25) is 0 Å². The van der Waals surface area contributed by atoms with Gasteiger partial charge in [-0.3, -0.25) is 4.98 Å². The molecule has 5 rings (SSSR count). The van der Waals surface area contributed by atoms with E-state index in [-0.39, 0.29) is 17.5 Å². The maximum atomic E-state index is 12.4. The number of hydrogen-bond donors (Lipinski definition) is 0. The topological polar surface area (TPSA) is 57.7 Å². The largest absolute Gasteiger partial charge is 0.487 e. The highest BCUT2D eigenvalue weighted by atomic mass is 16.6. The molecule has 5 nitrogen and oxygen atoms in total. The molecule has 0 radical (unpaired) electrons. The van der Waals surface area contributed by atoms with Crippen LogP contribution in [-0.2, 0) is 20.9 Å². The van der Waals surface area contributed by atoms with Gasteiger partial charge in [0.1, 0.15) is 18.5 Å². The Morgan fingerprint density at radius 3 is 2.79 bits per heavy atom. The minimum Gasteiger partial charge on any atom is -0.487 e. The van der Waals surface area contributed by atoms with Gasteiger partial charge in [0.05, 0.1) is 11.8 Å². The lowest BCUT2D eigenvalue weighted by atomic mass is 9.47. The van der Waals surface area contributed by atoms with Gasteiger partial charge in [-0.05, 0) is 55.2 Å². The fraction of sp³-hybridized carbons (Fsp3) is 0.417. The normalized spacial score (nSPS) is 26.6. The number of nitrogens with zero attached hydrogens (tertiary/aromatic N) is 1. The van der Waals surface area contributed by atoms with Gasteiger partial charge in [-0.1, -0.05) is 24.6 Å². The Labute approximate surface area is 170 Å². The summed E-state index contributed by atoms with van der Waals surface area (Å²) in [4.78, 5) is 16.6. The Bertz CT molecular complexity index is 889. The van der Waals surface area contributed by atoms with Crippen molar-refractivity contribution in [2.24, 2.45) is 11.3 Å². The molecule has 2 aromatic rings. The Kier molecular flexibility index (Phi) is 4.84. The molecular formula is C24H25NO4. The lowest BCUT2D eigenvalue weighted by Gasteiger charge is -2.61. The molecule has 1 aliphatic heterocycles. The van der Waals surface area contributed by atoms with Crippen LogP contribution < -0.4 is 4.74 Å². The SMILES string of the molecule is O=C(/C=C/c1ccc(OCc2ccccn2)cc1)OC1C2CCOC2C12CCC2. The monoisotopic (exact) mass is 391 g/mol. The second-order valence-electron chi connectivity index (χ2n) is 8.20. The second kappa shape index (κ2) is 7.64. The Hall–Kier alpha value is -2.66. The molecule has 1 aromatic carbocycles. The molecule has 2 heterocycles. The summed E-state index contributed by atoms with van der Waals surface area (Å²) in [6, 6.07) is 13.4. The molecule has 150 valence electrons. The van der Waals surface area contributed by atoms with Gasteiger partial charge < -0.3 is 14.2 Å². The van der Waals surface area contributed by atoms with Gasteiger partial charge in [0.15, 0.2) is 0 Å². The zero-order valence-corrected chi connectivity index (χ0v) is 16.3. The van der Waals surface area contributed by atoms with E-state index in [9.17, 15) is 4.79 Å². The zero-order chi connectivity index (χ0) is 19.7. The van der Waals surface area contributed by atoms with Gasteiger partial charge in [0.25, 0.3) is 0 Å². The van der Waals surface area contributed by atoms with Gasteiger partial charge in [-0.15, -0.1) is 0 Å². The van der Waals surface area contributed by atoms with Crippen LogP contribution in [0.15, 0.2) is 54.7 Å². The van der Waals surface area contributed by atoms with Crippen LogP contribution in [-0.4, -0.2) is 29.8 Å². The third kappa shape index (κ3) is 3.44. The quantitative estimate of drug-likeness (QED) is 0.546. The first-order chi connectivity index (χ1) is 14.2. The first kappa shape index (κ1) is 18.4. The van der Waals surface area contributed by atoms with Crippen molar-refractivity contribution in [3.8, 4) is 5.75 Å². The summed E-state index contributed by atoms with van der Waals surface area (Å²) in [5.74, 6) is 0.898. The molecule has 1 aromatic heterocycles. The summed E-state index contributed by atoms with van der Waals surface area (Å²) in [7, 11) is 0. The number of esters is 1. The highest BCUT2D eigenvalue weighted by Gasteiger charge is 2.68. The van der Waals surface area contributed by atoms with Crippen LogP contribution in [0.25, 0.3) is 6.08 Å². The molecular weight excluding hydrogens is 366 g/mol. The van der Waals surface area contributed by atoms with Crippen molar-refractivity contribution in [2.75, 3.05) is 6.61 Å². The van der Waals surface area contributed by atoms with E-state index in [0.29, 0.717) is 18.6 Å². The standard InChI is InChI=1S/C24H25NO4/c26-21(29-23-20-11-15-27-22(20)24(23)12-3-13-24)10-7-17-5-8-19(9-6-17)28-16-18-4-1-2-14-25-18/h1-2,4-10,14,20,22-23H,3,11-13,15-16H2/b10-7+. The van der Waals surface area contributed by atoms with Crippen molar-refractivity contribution < 1.29 is 19.0 Å². The first-order valence-electron chi connectivity index (χ1n) is 10.4. The van der Waals surface area contributed by atoms with Gasteiger partial charge in [-0.25, -0.2) is 4.79 Å². The van der Waals surface area contributed by atoms with Crippen molar-refractivity contribution in [3.63, 3.8) is 0 Å². The van der Waals surface area contributed by atoms with E-state index >= 15 is 0 Å². The van der Waals surface area contributed by atoms with E-state index < -0.39 is 0 Å². The molecule has 29 heavy (non-hydrogen) atoms. The molecule has 0 N–H and O–H groups in total. The van der Waals surface area contributed by atoms with Crippen LogP contribution in [0.5, 0.6) is 5.75 Å². The van der Waals surface area contributed by atoms with E-state index in [1.165, 1.54) is 12.5 Å². The smallest absolute Gasteiger partial charge is 0.331 e. The summed E-state index contributed by atoms with van der Waals surface area (Å²) in [5, 5.41) is 0. The van der Waals surface area contributed by atoms with Crippen molar-refractivity contribution in [1.29, 1.82) is 0 Å². The Balaban J connectivity index is 1.15. The number of rotatable bonds is 6. The average Bonchev–Trinajstić information content (AvgIpc) is 3.14. The fourth-order valence-electron chi connectivity index (χ4n) is 4.98. The average molecular weight is 391 g/mol.